The number of aromatic nitrogens is 1. The molecule has 1 saturated carbocycles. The van der Waals surface area contributed by atoms with E-state index in [0.717, 1.165) is 34.9 Å². The first-order chi connectivity index (χ1) is 17.2. The highest BCUT2D eigenvalue weighted by molar-refractivity contribution is 7.94. The van der Waals surface area contributed by atoms with Crippen molar-refractivity contribution in [2.75, 3.05) is 17.6 Å². The van der Waals surface area contributed by atoms with Crippen LogP contribution in [0.25, 0.3) is 16.5 Å². The number of thiophene rings is 1. The van der Waals surface area contributed by atoms with Crippen LogP contribution >= 0.6 is 34.5 Å². The second kappa shape index (κ2) is 10.0. The number of anilines is 1. The Hall–Kier alpha value is -2.65. The molecule has 0 atom stereocenters. The van der Waals surface area contributed by atoms with Crippen LogP contribution in [0, 0.1) is 5.92 Å². The summed E-state index contributed by atoms with van der Waals surface area (Å²) >= 11 is 13.2. The monoisotopic (exact) mass is 560 g/mol. The molecule has 0 bridgehead atoms. The van der Waals surface area contributed by atoms with Crippen molar-refractivity contribution >= 4 is 66.6 Å². The van der Waals surface area contributed by atoms with Crippen LogP contribution < -0.4 is 10.9 Å². The van der Waals surface area contributed by atoms with E-state index in [2.05, 4.69) is 5.32 Å². The summed E-state index contributed by atoms with van der Waals surface area (Å²) in [4.78, 5) is 25.7. The predicted octanol–water partition coefficient (Wildman–Crippen LogP) is 5.77. The summed E-state index contributed by atoms with van der Waals surface area (Å²) < 4.78 is 26.8. The molecule has 6 nitrogen and oxygen atoms in total. The molecule has 0 radical (unpaired) electrons. The number of Topliss-reactive ketones (excluding diaryl/α,β-unsaturated/α-hetero) is 1. The smallest absolute Gasteiger partial charge is 0.262 e. The number of sulfone groups is 1. The predicted molar refractivity (Wildman–Crippen MR) is 146 cm³/mol. The molecule has 2 heterocycles. The van der Waals surface area contributed by atoms with Crippen LogP contribution in [0.1, 0.15) is 18.4 Å². The lowest BCUT2D eigenvalue weighted by molar-refractivity contribution is -0.116. The Bertz CT molecular complexity index is 1640. The van der Waals surface area contributed by atoms with Crippen molar-refractivity contribution < 1.29 is 13.2 Å². The van der Waals surface area contributed by atoms with Gasteiger partial charge in [0.05, 0.1) is 15.0 Å². The lowest BCUT2D eigenvalue weighted by Gasteiger charge is -2.12. The number of nitrogens with one attached hydrogen (secondary N) is 1. The minimum Gasteiger partial charge on any atom is -0.385 e. The first-order valence-electron chi connectivity index (χ1n) is 11.4. The molecule has 186 valence electrons. The fraction of sp³-hybridized carbons (Fsp3) is 0.231. The van der Waals surface area contributed by atoms with Crippen molar-refractivity contribution in [2.45, 2.75) is 23.5 Å². The number of carbonyl (C=O) groups excluding carboxylic acids is 1. The van der Waals surface area contributed by atoms with Gasteiger partial charge in [0.15, 0.2) is 15.6 Å². The van der Waals surface area contributed by atoms with Crippen LogP contribution in [-0.4, -0.2) is 31.1 Å². The lowest BCUT2D eigenvalue weighted by Crippen LogP contribution is -2.19. The molecule has 1 N–H and O–H groups in total. The number of fused-ring (bicyclic) bond motifs is 1. The number of benzene rings is 2. The Kier molecular flexibility index (Phi) is 6.96. The summed E-state index contributed by atoms with van der Waals surface area (Å²) in [6, 6.07) is 15.4. The summed E-state index contributed by atoms with van der Waals surface area (Å²) in [5.74, 6) is -0.332. The topological polar surface area (TPSA) is 85.2 Å². The SMILES string of the molecule is O=C(Cc1ccc(-n2ccc3cc(NCC4CC4)ccc3c2=O)c(Cl)c1)CS(=O)(=O)c1ccc(Cl)s1. The van der Waals surface area contributed by atoms with Crippen molar-refractivity contribution in [3.8, 4) is 5.69 Å². The van der Waals surface area contributed by atoms with Crippen LogP contribution in [0.2, 0.25) is 9.36 Å². The standard InChI is InChI=1S/C26H22Cl2N2O4S2/c27-22-12-17(11-20(31)15-36(33,34)25-8-7-24(28)35-25)3-6-23(22)30-10-9-18-13-19(29-14-16-1-2-16)4-5-21(18)26(30)32/h3-10,12-13,16,29H,1-2,11,14-15H2. The fourth-order valence-electron chi connectivity index (χ4n) is 4.01. The summed E-state index contributed by atoms with van der Waals surface area (Å²) in [5, 5.41) is 5.12. The zero-order chi connectivity index (χ0) is 25.4. The van der Waals surface area contributed by atoms with Crippen molar-refractivity contribution in [3.63, 3.8) is 0 Å². The maximum Gasteiger partial charge on any atom is 0.262 e. The molecule has 2 aromatic carbocycles. The third-order valence-corrected chi connectivity index (χ3v) is 9.87. The number of ketones is 1. The number of halogens is 2. The van der Waals surface area contributed by atoms with Gasteiger partial charge < -0.3 is 5.32 Å². The highest BCUT2D eigenvalue weighted by Crippen LogP contribution is 2.30. The van der Waals surface area contributed by atoms with Gasteiger partial charge in [-0.05, 0) is 78.2 Å². The Morgan fingerprint density at radius 3 is 2.56 bits per heavy atom. The van der Waals surface area contributed by atoms with E-state index >= 15 is 0 Å². The zero-order valence-electron chi connectivity index (χ0n) is 19.0. The van der Waals surface area contributed by atoms with Gasteiger partial charge in [-0.15, -0.1) is 11.3 Å². The van der Waals surface area contributed by atoms with Crippen LogP contribution in [0.15, 0.2) is 69.8 Å². The third kappa shape index (κ3) is 5.52. The van der Waals surface area contributed by atoms with E-state index in [1.165, 1.54) is 29.5 Å². The summed E-state index contributed by atoms with van der Waals surface area (Å²) in [6.45, 7) is 0.946. The van der Waals surface area contributed by atoms with Gasteiger partial charge in [-0.1, -0.05) is 29.3 Å². The molecule has 0 saturated heterocycles. The minimum absolute atomic E-state index is 0.0655. The van der Waals surface area contributed by atoms with E-state index in [4.69, 9.17) is 23.2 Å². The van der Waals surface area contributed by atoms with E-state index in [9.17, 15) is 18.0 Å². The number of hydrogen-bond acceptors (Lipinski definition) is 6. The zero-order valence-corrected chi connectivity index (χ0v) is 22.2. The molecule has 10 heteroatoms. The second-order valence-corrected chi connectivity index (χ2v) is 13.3. The Morgan fingerprint density at radius 1 is 1.06 bits per heavy atom. The Morgan fingerprint density at radius 2 is 1.86 bits per heavy atom. The fourth-order valence-corrected chi connectivity index (χ4v) is 7.12. The summed E-state index contributed by atoms with van der Waals surface area (Å²) in [7, 11) is -3.75. The van der Waals surface area contributed by atoms with Gasteiger partial charge in [0.1, 0.15) is 9.96 Å². The van der Waals surface area contributed by atoms with Crippen molar-refractivity contribution in [3.05, 3.63) is 86.1 Å². The molecule has 5 rings (SSSR count). The van der Waals surface area contributed by atoms with Gasteiger partial charge in [0.25, 0.3) is 5.56 Å². The molecule has 36 heavy (non-hydrogen) atoms. The summed E-state index contributed by atoms with van der Waals surface area (Å²) in [6.07, 6.45) is 4.12. The number of hydrogen-bond donors (Lipinski definition) is 1. The average molecular weight is 562 g/mol. The number of nitrogens with zero attached hydrogens (tertiary/aromatic N) is 1. The largest absolute Gasteiger partial charge is 0.385 e. The average Bonchev–Trinajstić information content (AvgIpc) is 3.55. The molecular formula is C26H22Cl2N2O4S2. The van der Waals surface area contributed by atoms with E-state index in [0.29, 0.717) is 21.0 Å². The first-order valence-corrected chi connectivity index (χ1v) is 14.6. The maximum atomic E-state index is 13.2. The van der Waals surface area contributed by atoms with E-state index in [1.807, 2.05) is 24.3 Å². The third-order valence-electron chi connectivity index (χ3n) is 6.07. The molecule has 1 aliphatic rings. The van der Waals surface area contributed by atoms with Crippen molar-refractivity contribution in [1.82, 2.24) is 4.57 Å². The number of pyridine rings is 1. The molecule has 4 aromatic rings. The maximum absolute atomic E-state index is 13.2. The normalized spacial score (nSPS) is 13.7. The van der Waals surface area contributed by atoms with Crippen LogP contribution in [-0.2, 0) is 21.1 Å². The van der Waals surface area contributed by atoms with E-state index in [1.54, 1.807) is 24.4 Å². The van der Waals surface area contributed by atoms with Gasteiger partial charge in [0.2, 0.25) is 0 Å². The van der Waals surface area contributed by atoms with Crippen LogP contribution in [0.3, 0.4) is 0 Å². The van der Waals surface area contributed by atoms with Gasteiger partial charge >= 0.3 is 0 Å². The van der Waals surface area contributed by atoms with Gasteiger partial charge in [0, 0.05) is 30.2 Å². The lowest BCUT2D eigenvalue weighted by atomic mass is 10.1. The van der Waals surface area contributed by atoms with Gasteiger partial charge in [-0.3, -0.25) is 14.2 Å². The molecule has 1 fully saturated rings. The quantitative estimate of drug-likeness (QED) is 0.281. The van der Waals surface area contributed by atoms with Gasteiger partial charge in [-0.25, -0.2) is 8.42 Å². The van der Waals surface area contributed by atoms with Gasteiger partial charge in [-0.2, -0.15) is 0 Å². The summed E-state index contributed by atoms with van der Waals surface area (Å²) in [5.41, 5.74) is 1.83. The minimum atomic E-state index is -3.75. The highest BCUT2D eigenvalue weighted by Gasteiger charge is 2.22. The Balaban J connectivity index is 1.33. The molecule has 0 unspecified atom stereocenters. The molecule has 0 aliphatic heterocycles. The second-order valence-electron chi connectivity index (χ2n) is 8.94. The molecule has 0 spiro atoms. The molecular weight excluding hydrogens is 539 g/mol. The number of rotatable bonds is 9. The van der Waals surface area contributed by atoms with Crippen LogP contribution in [0.5, 0.6) is 0 Å². The Labute approximate surface area is 222 Å². The van der Waals surface area contributed by atoms with E-state index in [-0.39, 0.29) is 21.2 Å². The molecule has 0 amide bonds. The van der Waals surface area contributed by atoms with E-state index < -0.39 is 21.4 Å². The van der Waals surface area contributed by atoms with Crippen molar-refractivity contribution in [1.29, 1.82) is 0 Å². The van der Waals surface area contributed by atoms with Crippen molar-refractivity contribution in [2.24, 2.45) is 5.92 Å². The molecule has 1 aliphatic carbocycles. The highest BCUT2D eigenvalue weighted by atomic mass is 35.5. The first kappa shape index (κ1) is 25.0. The van der Waals surface area contributed by atoms with Crippen LogP contribution in [0.4, 0.5) is 5.69 Å². The number of carbonyl (C=O) groups is 1. The molecule has 2 aromatic heterocycles.